The Kier molecular flexibility index (Phi) is 7.10. The molecule has 1 aliphatic rings. The summed E-state index contributed by atoms with van der Waals surface area (Å²) in [6.07, 6.45) is 5.90. The van der Waals surface area contributed by atoms with E-state index in [9.17, 15) is 0 Å². The first-order valence-corrected chi connectivity index (χ1v) is 16.9. The minimum absolute atomic E-state index is 0. The van der Waals surface area contributed by atoms with Crippen LogP contribution in [0.5, 0.6) is 0 Å². The maximum atomic E-state index is 7.23. The van der Waals surface area contributed by atoms with Gasteiger partial charge in [-0.1, -0.05) is 72.6 Å². The summed E-state index contributed by atoms with van der Waals surface area (Å²) < 4.78 is 28.2. The van der Waals surface area contributed by atoms with E-state index in [2.05, 4.69) is 78.1 Å². The average Bonchev–Trinajstić information content (AvgIpc) is 3.77. The molecule has 0 saturated heterocycles. The molecule has 0 N–H and O–H groups in total. The van der Waals surface area contributed by atoms with Crippen molar-refractivity contribution < 1.29 is 28.6 Å². The van der Waals surface area contributed by atoms with Crippen molar-refractivity contribution in [2.45, 2.75) is 45.3 Å². The van der Waals surface area contributed by atoms with Crippen LogP contribution in [0.15, 0.2) is 95.7 Å². The van der Waals surface area contributed by atoms with Crippen LogP contribution in [0.1, 0.15) is 34.0 Å². The monoisotopic (exact) mass is 720 g/mol. The third-order valence-corrected chi connectivity index (χ3v) is 9.11. The van der Waals surface area contributed by atoms with Crippen molar-refractivity contribution in [3.8, 4) is 22.5 Å². The Labute approximate surface area is 255 Å². The van der Waals surface area contributed by atoms with Gasteiger partial charge in [-0.25, -0.2) is 0 Å². The zero-order valence-corrected chi connectivity index (χ0v) is 26.2. The maximum absolute atomic E-state index is 7.23. The summed E-state index contributed by atoms with van der Waals surface area (Å²) in [5.74, 6) is 0.713. The van der Waals surface area contributed by atoms with E-state index < -0.39 is 14.9 Å². The summed E-state index contributed by atoms with van der Waals surface area (Å²) in [5.41, 5.74) is 7.13. The number of para-hydroxylation sites is 1. The SMILES string of the molecule is C[Si](C)(C)c1cccc2c1oc1c(-c3cc(C4CC4)ccn3)[c-]ccc12.[2H]C([2H])([2H])c1ccc(-c2[c-]cccc2)nc1.[Ir]. The van der Waals surface area contributed by atoms with Gasteiger partial charge in [0.05, 0.1) is 13.7 Å². The number of pyridine rings is 2. The molecule has 3 aromatic heterocycles. The van der Waals surface area contributed by atoms with Gasteiger partial charge < -0.3 is 14.4 Å². The third-order valence-electron chi connectivity index (χ3n) is 7.10. The molecule has 1 fully saturated rings. The molecule has 40 heavy (non-hydrogen) atoms. The van der Waals surface area contributed by atoms with Crippen LogP contribution in [0.3, 0.4) is 0 Å². The molecule has 7 rings (SSSR count). The Morgan fingerprint density at radius 1 is 0.850 bits per heavy atom. The van der Waals surface area contributed by atoms with Gasteiger partial charge in [-0.05, 0) is 53.8 Å². The van der Waals surface area contributed by atoms with E-state index in [0.717, 1.165) is 39.1 Å². The zero-order valence-electron chi connectivity index (χ0n) is 25.8. The summed E-state index contributed by atoms with van der Waals surface area (Å²) in [5, 5.41) is 3.73. The number of fused-ring (bicyclic) bond motifs is 3. The van der Waals surface area contributed by atoms with Crippen LogP contribution in [-0.4, -0.2) is 18.0 Å². The van der Waals surface area contributed by atoms with Crippen LogP contribution in [0.25, 0.3) is 44.5 Å². The Hall–Kier alpha value is -3.37. The molecule has 203 valence electrons. The van der Waals surface area contributed by atoms with Crippen molar-refractivity contribution in [2.75, 3.05) is 0 Å². The van der Waals surface area contributed by atoms with Crippen LogP contribution in [-0.2, 0) is 20.1 Å². The molecule has 0 atom stereocenters. The minimum Gasteiger partial charge on any atom is -0.501 e. The molecule has 3 nitrogen and oxygen atoms in total. The number of aromatic nitrogens is 2. The van der Waals surface area contributed by atoms with E-state index in [1.807, 2.05) is 30.5 Å². The molecular formula is C35H32IrN2OSi-2. The fourth-order valence-corrected chi connectivity index (χ4v) is 6.37. The molecule has 1 radical (unpaired) electrons. The summed E-state index contributed by atoms with van der Waals surface area (Å²) in [4.78, 5) is 8.75. The predicted octanol–water partition coefficient (Wildman–Crippen LogP) is 8.73. The van der Waals surface area contributed by atoms with Crippen molar-refractivity contribution >= 4 is 35.2 Å². The van der Waals surface area contributed by atoms with Gasteiger partial charge in [-0.2, -0.15) is 0 Å². The molecule has 0 aliphatic heterocycles. The van der Waals surface area contributed by atoms with Crippen molar-refractivity contribution in [2.24, 2.45) is 0 Å². The molecule has 3 heterocycles. The van der Waals surface area contributed by atoms with E-state index in [1.54, 1.807) is 18.2 Å². The molecule has 0 bridgehead atoms. The average molecular weight is 720 g/mol. The molecule has 6 aromatic rings. The largest absolute Gasteiger partial charge is 0.501 e. The standard InChI is InChI=1S/C23H22NOSi.C12H10N.Ir/c1-26(2,3)21-9-5-7-18-17-6-4-8-19(22(17)25-23(18)21)20-14-16(12-13-24-20)15-10-11-15;1-10-7-8-12(13-9-10)11-5-3-2-4-6-11;/h4-7,9,12-15H,10-11H2,1-3H3;2-5,7-9H,1H3;/q2*-1;/i;1D3;. The van der Waals surface area contributed by atoms with Crippen LogP contribution in [0.4, 0.5) is 0 Å². The number of aryl methyl sites for hydroxylation is 1. The van der Waals surface area contributed by atoms with Gasteiger partial charge in [0.2, 0.25) is 0 Å². The molecule has 1 aliphatic carbocycles. The maximum Gasteiger partial charge on any atom is 0.120 e. The number of furan rings is 1. The van der Waals surface area contributed by atoms with Crippen LogP contribution >= 0.6 is 0 Å². The molecule has 1 saturated carbocycles. The number of rotatable bonds is 4. The van der Waals surface area contributed by atoms with Crippen molar-refractivity contribution in [3.63, 3.8) is 0 Å². The van der Waals surface area contributed by atoms with Crippen LogP contribution in [0.2, 0.25) is 19.6 Å². The van der Waals surface area contributed by atoms with Gasteiger partial charge in [0, 0.05) is 42.0 Å². The fraction of sp³-hybridized carbons (Fsp3) is 0.200. The Balaban J connectivity index is 0.000000188. The normalized spacial score (nSPS) is 14.4. The number of hydrogen-bond acceptors (Lipinski definition) is 3. The molecule has 3 aromatic carbocycles. The first-order valence-electron chi connectivity index (χ1n) is 14.9. The second kappa shape index (κ2) is 11.6. The Morgan fingerprint density at radius 3 is 2.40 bits per heavy atom. The number of benzene rings is 3. The smallest absolute Gasteiger partial charge is 0.120 e. The molecule has 5 heteroatoms. The van der Waals surface area contributed by atoms with Gasteiger partial charge in [-0.15, -0.1) is 54.1 Å². The topological polar surface area (TPSA) is 38.9 Å². The quantitative estimate of drug-likeness (QED) is 0.135. The molecule has 0 spiro atoms. The Bertz CT molecular complexity index is 1860. The van der Waals surface area contributed by atoms with Crippen LogP contribution < -0.4 is 5.19 Å². The number of hydrogen-bond donors (Lipinski definition) is 0. The number of nitrogens with zero attached hydrogens (tertiary/aromatic N) is 2. The summed E-state index contributed by atoms with van der Waals surface area (Å²) in [6.45, 7) is 5.00. The molecule has 0 unspecified atom stereocenters. The first-order chi connectivity index (χ1) is 20.1. The van der Waals surface area contributed by atoms with E-state index in [1.165, 1.54) is 35.2 Å². The summed E-state index contributed by atoms with van der Waals surface area (Å²) in [6, 6.07) is 32.2. The molecular weight excluding hydrogens is 685 g/mol. The van der Waals surface area contributed by atoms with Crippen molar-refractivity contribution in [1.29, 1.82) is 0 Å². The van der Waals surface area contributed by atoms with Crippen molar-refractivity contribution in [1.82, 2.24) is 9.97 Å². The first kappa shape index (κ1) is 24.4. The second-order valence-electron chi connectivity index (χ2n) is 11.1. The van der Waals surface area contributed by atoms with E-state index in [-0.39, 0.29) is 25.7 Å². The zero-order chi connectivity index (χ0) is 29.5. The van der Waals surface area contributed by atoms with E-state index >= 15 is 0 Å². The summed E-state index contributed by atoms with van der Waals surface area (Å²) >= 11 is 0. The van der Waals surface area contributed by atoms with Crippen LogP contribution in [0, 0.1) is 19.0 Å². The third kappa shape index (κ3) is 5.88. The van der Waals surface area contributed by atoms with E-state index in [0.29, 0.717) is 5.92 Å². The van der Waals surface area contributed by atoms with Gasteiger partial charge >= 0.3 is 0 Å². The second-order valence-corrected chi connectivity index (χ2v) is 16.1. The Morgan fingerprint density at radius 2 is 1.70 bits per heavy atom. The van der Waals surface area contributed by atoms with Gasteiger partial charge in [0.15, 0.2) is 0 Å². The van der Waals surface area contributed by atoms with E-state index in [4.69, 9.17) is 8.53 Å². The minimum atomic E-state index is -2.09. The predicted molar refractivity (Wildman–Crippen MR) is 164 cm³/mol. The van der Waals surface area contributed by atoms with Gasteiger partial charge in [0.1, 0.15) is 5.58 Å². The summed E-state index contributed by atoms with van der Waals surface area (Å²) in [7, 11) is -1.49. The fourth-order valence-electron chi connectivity index (χ4n) is 4.90. The molecule has 0 amide bonds. The van der Waals surface area contributed by atoms with Crippen molar-refractivity contribution in [3.05, 3.63) is 115 Å². The van der Waals surface area contributed by atoms with Gasteiger partial charge in [0.25, 0.3) is 0 Å². The van der Waals surface area contributed by atoms with Gasteiger partial charge in [-0.3, -0.25) is 0 Å².